The number of phenolic OH excluding ortho intramolecular Hbond substituents is 1. The van der Waals surface area contributed by atoms with Gasteiger partial charge in [0.2, 0.25) is 0 Å². The van der Waals surface area contributed by atoms with Gasteiger partial charge in [0.25, 0.3) is 0 Å². The number of phenols is 1. The highest BCUT2D eigenvalue weighted by Gasteiger charge is 2.09. The van der Waals surface area contributed by atoms with Crippen molar-refractivity contribution in [2.75, 3.05) is 5.32 Å². The Bertz CT molecular complexity index is 1050. The number of aromatic hydroxyl groups is 1. The number of hydrogen-bond donors (Lipinski definition) is 2. The molecule has 0 spiro atoms. The van der Waals surface area contributed by atoms with Crippen LogP contribution in [0.3, 0.4) is 0 Å². The first-order valence-electron chi connectivity index (χ1n) is 7.91. The van der Waals surface area contributed by atoms with Gasteiger partial charge in [0.15, 0.2) is 0 Å². The third kappa shape index (κ3) is 3.28. The quantitative estimate of drug-likeness (QED) is 0.478. The number of nitrogens with one attached hydrogen (secondary N) is 1. The van der Waals surface area contributed by atoms with Gasteiger partial charge in [0.1, 0.15) is 5.75 Å². The van der Waals surface area contributed by atoms with Crippen LogP contribution in [0, 0.1) is 0 Å². The number of hydrogen-bond acceptors (Lipinski definition) is 3. The SMILES string of the molecule is Oc1cccc(Nc2cc(-c3ccccc3)nc3ccc(Cl)cc23)c1. The summed E-state index contributed by atoms with van der Waals surface area (Å²) in [6.45, 7) is 0. The molecule has 122 valence electrons. The van der Waals surface area contributed by atoms with Crippen LogP contribution in [0.25, 0.3) is 22.2 Å². The molecule has 2 N–H and O–H groups in total. The lowest BCUT2D eigenvalue weighted by atomic mass is 10.1. The second-order valence-electron chi connectivity index (χ2n) is 5.76. The van der Waals surface area contributed by atoms with E-state index in [1.54, 1.807) is 18.2 Å². The van der Waals surface area contributed by atoms with Crippen molar-refractivity contribution in [1.29, 1.82) is 0 Å². The molecule has 0 unspecified atom stereocenters. The van der Waals surface area contributed by atoms with E-state index in [1.165, 1.54) is 0 Å². The fraction of sp³-hybridized carbons (Fsp3) is 0. The first-order valence-corrected chi connectivity index (χ1v) is 8.29. The maximum atomic E-state index is 9.71. The first kappa shape index (κ1) is 15.5. The van der Waals surface area contributed by atoms with Gasteiger partial charge in [-0.1, -0.05) is 48.0 Å². The van der Waals surface area contributed by atoms with E-state index < -0.39 is 0 Å². The highest BCUT2D eigenvalue weighted by Crippen LogP contribution is 2.32. The molecule has 0 atom stereocenters. The maximum absolute atomic E-state index is 9.71. The summed E-state index contributed by atoms with van der Waals surface area (Å²) in [5.41, 5.74) is 4.45. The molecule has 0 aliphatic heterocycles. The van der Waals surface area contributed by atoms with Crippen molar-refractivity contribution in [2.45, 2.75) is 0 Å². The van der Waals surface area contributed by atoms with Crippen LogP contribution in [0.4, 0.5) is 11.4 Å². The smallest absolute Gasteiger partial charge is 0.117 e. The van der Waals surface area contributed by atoms with E-state index in [-0.39, 0.29) is 5.75 Å². The zero-order valence-electron chi connectivity index (χ0n) is 13.3. The van der Waals surface area contributed by atoms with Gasteiger partial charge in [0.05, 0.1) is 16.9 Å². The number of aromatic nitrogens is 1. The Hall–Kier alpha value is -3.04. The molecule has 1 heterocycles. The van der Waals surface area contributed by atoms with Gasteiger partial charge in [-0.3, -0.25) is 0 Å². The van der Waals surface area contributed by atoms with Crippen molar-refractivity contribution in [3.05, 3.63) is 83.9 Å². The minimum Gasteiger partial charge on any atom is -0.508 e. The fourth-order valence-corrected chi connectivity index (χ4v) is 2.97. The van der Waals surface area contributed by atoms with Gasteiger partial charge >= 0.3 is 0 Å². The van der Waals surface area contributed by atoms with Gasteiger partial charge in [-0.05, 0) is 36.4 Å². The molecule has 4 heteroatoms. The number of benzene rings is 3. The Morgan fingerprint density at radius 1 is 0.840 bits per heavy atom. The maximum Gasteiger partial charge on any atom is 0.117 e. The Labute approximate surface area is 150 Å². The Balaban J connectivity index is 1.89. The lowest BCUT2D eigenvalue weighted by Gasteiger charge is -2.13. The van der Waals surface area contributed by atoms with Gasteiger partial charge in [-0.25, -0.2) is 4.98 Å². The van der Waals surface area contributed by atoms with Crippen molar-refractivity contribution in [3.8, 4) is 17.0 Å². The van der Waals surface area contributed by atoms with E-state index >= 15 is 0 Å². The van der Waals surface area contributed by atoms with E-state index in [2.05, 4.69) is 5.32 Å². The summed E-state index contributed by atoms with van der Waals surface area (Å²) < 4.78 is 0. The molecule has 3 nitrogen and oxygen atoms in total. The molecule has 0 saturated carbocycles. The van der Waals surface area contributed by atoms with Crippen LogP contribution in [-0.4, -0.2) is 10.1 Å². The van der Waals surface area contributed by atoms with Crippen molar-refractivity contribution >= 4 is 33.9 Å². The standard InChI is InChI=1S/C21H15ClN2O/c22-15-9-10-19-18(11-15)21(23-16-7-4-8-17(25)12-16)13-20(24-19)14-5-2-1-3-6-14/h1-13,25H,(H,23,24). The number of anilines is 2. The second kappa shape index (κ2) is 6.46. The van der Waals surface area contributed by atoms with Gasteiger partial charge in [-0.2, -0.15) is 0 Å². The van der Waals surface area contributed by atoms with Crippen LogP contribution < -0.4 is 5.32 Å². The lowest BCUT2D eigenvalue weighted by molar-refractivity contribution is 0.475. The Kier molecular flexibility index (Phi) is 4.00. The van der Waals surface area contributed by atoms with Gasteiger partial charge in [0, 0.05) is 27.7 Å². The van der Waals surface area contributed by atoms with Gasteiger partial charge < -0.3 is 10.4 Å². The molecule has 0 radical (unpaired) electrons. The predicted octanol–water partition coefficient (Wildman–Crippen LogP) is 6.00. The van der Waals surface area contributed by atoms with Crippen LogP contribution in [0.15, 0.2) is 78.9 Å². The highest BCUT2D eigenvalue weighted by molar-refractivity contribution is 6.31. The summed E-state index contributed by atoms with van der Waals surface area (Å²) in [4.78, 5) is 4.76. The largest absolute Gasteiger partial charge is 0.508 e. The second-order valence-corrected chi connectivity index (χ2v) is 6.19. The zero-order chi connectivity index (χ0) is 17.2. The molecule has 4 aromatic rings. The van der Waals surface area contributed by atoms with Crippen LogP contribution in [-0.2, 0) is 0 Å². The Morgan fingerprint density at radius 3 is 2.48 bits per heavy atom. The normalized spacial score (nSPS) is 10.8. The number of fused-ring (bicyclic) bond motifs is 1. The molecule has 4 rings (SSSR count). The third-order valence-electron chi connectivity index (χ3n) is 3.97. The summed E-state index contributed by atoms with van der Waals surface area (Å²) in [5, 5.41) is 14.7. The van der Waals surface area contributed by atoms with Gasteiger partial charge in [-0.15, -0.1) is 0 Å². The summed E-state index contributed by atoms with van der Waals surface area (Å²) in [7, 11) is 0. The summed E-state index contributed by atoms with van der Waals surface area (Å²) >= 11 is 6.18. The molecular formula is C21H15ClN2O. The van der Waals surface area contributed by atoms with Crippen molar-refractivity contribution in [3.63, 3.8) is 0 Å². The number of pyridine rings is 1. The number of nitrogens with zero attached hydrogens (tertiary/aromatic N) is 1. The van der Waals surface area contributed by atoms with E-state index in [0.29, 0.717) is 5.02 Å². The van der Waals surface area contributed by atoms with Crippen LogP contribution in [0.5, 0.6) is 5.75 Å². The number of rotatable bonds is 3. The highest BCUT2D eigenvalue weighted by atomic mass is 35.5. The lowest BCUT2D eigenvalue weighted by Crippen LogP contribution is -1.95. The van der Waals surface area contributed by atoms with Crippen LogP contribution >= 0.6 is 11.6 Å². The molecule has 0 saturated heterocycles. The molecule has 0 aliphatic rings. The number of halogens is 1. The molecular weight excluding hydrogens is 332 g/mol. The van der Waals surface area contributed by atoms with Crippen LogP contribution in [0.1, 0.15) is 0 Å². The molecule has 0 bridgehead atoms. The topological polar surface area (TPSA) is 45.1 Å². The first-order chi connectivity index (χ1) is 12.2. The Morgan fingerprint density at radius 2 is 1.68 bits per heavy atom. The van der Waals surface area contributed by atoms with Crippen molar-refractivity contribution in [2.24, 2.45) is 0 Å². The third-order valence-corrected chi connectivity index (χ3v) is 4.20. The minimum absolute atomic E-state index is 0.213. The van der Waals surface area contributed by atoms with Crippen molar-refractivity contribution in [1.82, 2.24) is 4.98 Å². The molecule has 25 heavy (non-hydrogen) atoms. The molecule has 1 aromatic heterocycles. The molecule has 3 aromatic carbocycles. The summed E-state index contributed by atoms with van der Waals surface area (Å²) in [6.07, 6.45) is 0. The average molecular weight is 347 g/mol. The average Bonchev–Trinajstić information content (AvgIpc) is 2.63. The molecule has 0 amide bonds. The van der Waals surface area contributed by atoms with E-state index in [0.717, 1.165) is 33.5 Å². The predicted molar refractivity (Wildman–Crippen MR) is 104 cm³/mol. The fourth-order valence-electron chi connectivity index (χ4n) is 2.80. The van der Waals surface area contributed by atoms with Crippen LogP contribution in [0.2, 0.25) is 5.02 Å². The molecule has 0 fully saturated rings. The van der Waals surface area contributed by atoms with E-state index in [9.17, 15) is 5.11 Å². The summed E-state index contributed by atoms with van der Waals surface area (Å²) in [5.74, 6) is 0.213. The monoisotopic (exact) mass is 346 g/mol. The van der Waals surface area contributed by atoms with E-state index in [4.69, 9.17) is 16.6 Å². The van der Waals surface area contributed by atoms with E-state index in [1.807, 2.05) is 60.7 Å². The summed E-state index contributed by atoms with van der Waals surface area (Å²) in [6, 6.07) is 24.7. The minimum atomic E-state index is 0.213. The zero-order valence-corrected chi connectivity index (χ0v) is 14.0. The molecule has 0 aliphatic carbocycles. The van der Waals surface area contributed by atoms with Crippen molar-refractivity contribution < 1.29 is 5.11 Å².